The number of hydrogen-bond donors (Lipinski definition) is 0. The van der Waals surface area contributed by atoms with Crippen LogP contribution in [-0.2, 0) is 4.74 Å². The first kappa shape index (κ1) is 12.1. The lowest BCUT2D eigenvalue weighted by atomic mass is 10.1. The van der Waals surface area contributed by atoms with Gasteiger partial charge in [-0.2, -0.15) is 0 Å². The van der Waals surface area contributed by atoms with E-state index in [4.69, 9.17) is 11.2 Å². The van der Waals surface area contributed by atoms with Crippen molar-refractivity contribution < 1.29 is 4.74 Å². The highest BCUT2D eigenvalue weighted by atomic mass is 16.5. The van der Waals surface area contributed by atoms with Crippen LogP contribution in [0.4, 0.5) is 5.95 Å². The van der Waals surface area contributed by atoms with E-state index in [0.29, 0.717) is 18.1 Å². The van der Waals surface area contributed by atoms with Crippen LogP contribution in [0.1, 0.15) is 18.4 Å². The Morgan fingerprint density at radius 3 is 2.25 bits per heavy atom. The molecule has 0 N–H and O–H groups in total. The van der Waals surface area contributed by atoms with Crippen molar-refractivity contribution in [1.29, 1.82) is 0 Å². The summed E-state index contributed by atoms with van der Waals surface area (Å²) < 4.78 is 5.35. The Morgan fingerprint density at radius 2 is 1.75 bits per heavy atom. The van der Waals surface area contributed by atoms with E-state index in [9.17, 15) is 0 Å². The Kier molecular flexibility index (Phi) is 2.86. The lowest BCUT2D eigenvalue weighted by molar-refractivity contribution is -0.0851. The molecule has 104 valence electrons. The van der Waals surface area contributed by atoms with Crippen molar-refractivity contribution >= 4 is 5.95 Å². The molecule has 0 spiro atoms. The zero-order valence-corrected chi connectivity index (χ0v) is 11.4. The molecule has 5 heteroatoms. The number of hydrogen-bond acceptors (Lipinski definition) is 5. The SMILES string of the molecule is C#Cc1cnc(N2C[C@H]3CC[C@@H](C2)N3C2COC2)nc1. The monoisotopic (exact) mass is 270 g/mol. The fourth-order valence-electron chi connectivity index (χ4n) is 3.65. The molecule has 5 nitrogen and oxygen atoms in total. The molecule has 2 bridgehead atoms. The number of aromatic nitrogens is 2. The molecular formula is C15H18N4O. The Hall–Kier alpha value is -1.64. The highest BCUT2D eigenvalue weighted by Gasteiger charge is 2.45. The van der Waals surface area contributed by atoms with Crippen molar-refractivity contribution in [2.24, 2.45) is 0 Å². The third kappa shape index (κ3) is 1.88. The summed E-state index contributed by atoms with van der Waals surface area (Å²) in [6.07, 6.45) is 11.4. The average molecular weight is 270 g/mol. The summed E-state index contributed by atoms with van der Waals surface area (Å²) in [6, 6.07) is 1.89. The van der Waals surface area contributed by atoms with Crippen LogP contribution in [0.15, 0.2) is 12.4 Å². The zero-order chi connectivity index (χ0) is 13.5. The van der Waals surface area contributed by atoms with Gasteiger partial charge in [-0.25, -0.2) is 9.97 Å². The minimum absolute atomic E-state index is 0.624. The summed E-state index contributed by atoms with van der Waals surface area (Å²) in [4.78, 5) is 13.8. The molecule has 1 aromatic rings. The maximum absolute atomic E-state index is 5.35. The Balaban J connectivity index is 1.51. The smallest absolute Gasteiger partial charge is 0.225 e. The second kappa shape index (κ2) is 4.72. The van der Waals surface area contributed by atoms with Gasteiger partial charge in [-0.1, -0.05) is 5.92 Å². The number of rotatable bonds is 2. The van der Waals surface area contributed by atoms with Crippen molar-refractivity contribution in [2.75, 3.05) is 31.2 Å². The number of fused-ring (bicyclic) bond motifs is 2. The molecule has 3 aliphatic rings. The first-order valence-corrected chi connectivity index (χ1v) is 7.24. The molecule has 0 aromatic carbocycles. The van der Waals surface area contributed by atoms with E-state index in [2.05, 4.69) is 25.7 Å². The Morgan fingerprint density at radius 1 is 1.10 bits per heavy atom. The van der Waals surface area contributed by atoms with Crippen LogP contribution in [0.5, 0.6) is 0 Å². The fraction of sp³-hybridized carbons (Fsp3) is 0.600. The van der Waals surface area contributed by atoms with E-state index in [1.165, 1.54) is 12.8 Å². The molecule has 0 saturated carbocycles. The van der Waals surface area contributed by atoms with Crippen molar-refractivity contribution in [2.45, 2.75) is 31.0 Å². The van der Waals surface area contributed by atoms with Gasteiger partial charge < -0.3 is 9.64 Å². The lowest BCUT2D eigenvalue weighted by Crippen LogP contribution is -2.62. The molecule has 3 fully saturated rings. The minimum atomic E-state index is 0.624. The van der Waals surface area contributed by atoms with Crippen LogP contribution in [0.25, 0.3) is 0 Å². The molecule has 0 aliphatic carbocycles. The van der Waals surface area contributed by atoms with Crippen LogP contribution < -0.4 is 4.90 Å². The third-order valence-corrected chi connectivity index (χ3v) is 4.67. The minimum Gasteiger partial charge on any atom is -0.378 e. The third-order valence-electron chi connectivity index (χ3n) is 4.67. The number of ether oxygens (including phenoxy) is 1. The molecule has 0 radical (unpaired) electrons. The fourth-order valence-corrected chi connectivity index (χ4v) is 3.65. The van der Waals surface area contributed by atoms with Gasteiger partial charge in [0, 0.05) is 37.6 Å². The van der Waals surface area contributed by atoms with Crippen molar-refractivity contribution in [3.05, 3.63) is 18.0 Å². The Bertz CT molecular complexity index is 520. The summed E-state index contributed by atoms with van der Waals surface area (Å²) in [7, 11) is 0. The largest absolute Gasteiger partial charge is 0.378 e. The second-order valence-electron chi connectivity index (χ2n) is 5.84. The normalized spacial score (nSPS) is 30.1. The molecule has 0 unspecified atom stereocenters. The van der Waals surface area contributed by atoms with Crippen LogP contribution in [-0.4, -0.2) is 59.3 Å². The molecule has 2 atom stereocenters. The molecule has 20 heavy (non-hydrogen) atoms. The summed E-state index contributed by atoms with van der Waals surface area (Å²) in [5, 5.41) is 0. The van der Waals surface area contributed by atoms with E-state index in [-0.39, 0.29) is 0 Å². The maximum Gasteiger partial charge on any atom is 0.225 e. The predicted octanol–water partition coefficient (Wildman–Crippen LogP) is 0.510. The van der Waals surface area contributed by atoms with Gasteiger partial charge >= 0.3 is 0 Å². The van der Waals surface area contributed by atoms with Gasteiger partial charge in [0.25, 0.3) is 0 Å². The highest BCUT2D eigenvalue weighted by Crippen LogP contribution is 2.34. The van der Waals surface area contributed by atoms with Gasteiger partial charge in [0.05, 0.1) is 24.8 Å². The van der Waals surface area contributed by atoms with Gasteiger partial charge in [-0.3, -0.25) is 4.90 Å². The molecule has 3 saturated heterocycles. The molecule has 0 amide bonds. The van der Waals surface area contributed by atoms with E-state index in [1.54, 1.807) is 12.4 Å². The molecular weight excluding hydrogens is 252 g/mol. The number of piperazine rings is 1. The van der Waals surface area contributed by atoms with Crippen molar-refractivity contribution in [1.82, 2.24) is 14.9 Å². The first-order valence-electron chi connectivity index (χ1n) is 7.24. The Labute approximate surface area is 119 Å². The standard InChI is InChI=1S/C15H18N4O/c1-2-11-5-16-15(17-6-11)18-7-12-3-4-13(8-18)19(12)14-9-20-10-14/h1,5-6,12-14H,3-4,7-10H2/t12-,13+. The van der Waals surface area contributed by atoms with Crippen LogP contribution in [0.3, 0.4) is 0 Å². The van der Waals surface area contributed by atoms with Gasteiger partial charge in [-0.15, -0.1) is 6.42 Å². The van der Waals surface area contributed by atoms with Crippen LogP contribution in [0, 0.1) is 12.3 Å². The van der Waals surface area contributed by atoms with Gasteiger partial charge in [-0.05, 0) is 12.8 Å². The first-order chi connectivity index (χ1) is 9.85. The number of nitrogens with zero attached hydrogens (tertiary/aromatic N) is 4. The topological polar surface area (TPSA) is 41.5 Å². The van der Waals surface area contributed by atoms with Gasteiger partial charge in [0.1, 0.15) is 0 Å². The number of terminal acetylenes is 1. The molecule has 1 aromatic heterocycles. The number of anilines is 1. The molecule has 4 heterocycles. The predicted molar refractivity (Wildman–Crippen MR) is 75.4 cm³/mol. The average Bonchev–Trinajstić information content (AvgIpc) is 2.69. The van der Waals surface area contributed by atoms with Crippen LogP contribution in [0.2, 0.25) is 0 Å². The molecule has 3 aliphatic heterocycles. The summed E-state index contributed by atoms with van der Waals surface area (Å²) in [5.41, 5.74) is 0.738. The van der Waals surface area contributed by atoms with E-state index < -0.39 is 0 Å². The second-order valence-corrected chi connectivity index (χ2v) is 5.84. The van der Waals surface area contributed by atoms with Gasteiger partial charge in [0.15, 0.2) is 0 Å². The summed E-state index contributed by atoms with van der Waals surface area (Å²) in [6.45, 7) is 3.84. The van der Waals surface area contributed by atoms with E-state index >= 15 is 0 Å². The summed E-state index contributed by atoms with van der Waals surface area (Å²) >= 11 is 0. The van der Waals surface area contributed by atoms with E-state index in [1.807, 2.05) is 0 Å². The zero-order valence-electron chi connectivity index (χ0n) is 11.4. The molecule has 4 rings (SSSR count). The van der Waals surface area contributed by atoms with Gasteiger partial charge in [0.2, 0.25) is 5.95 Å². The van der Waals surface area contributed by atoms with Crippen molar-refractivity contribution in [3.8, 4) is 12.3 Å². The van der Waals surface area contributed by atoms with Crippen molar-refractivity contribution in [3.63, 3.8) is 0 Å². The highest BCUT2D eigenvalue weighted by molar-refractivity contribution is 5.36. The quantitative estimate of drug-likeness (QED) is 0.733. The van der Waals surface area contributed by atoms with Crippen LogP contribution >= 0.6 is 0 Å². The maximum atomic E-state index is 5.35. The van der Waals surface area contributed by atoms with E-state index in [0.717, 1.165) is 37.8 Å². The lowest BCUT2D eigenvalue weighted by Gasteiger charge is -2.47. The summed E-state index contributed by atoms with van der Waals surface area (Å²) in [5.74, 6) is 3.37.